The van der Waals surface area contributed by atoms with Crippen LogP contribution in [0.5, 0.6) is 17.2 Å². The first-order valence-electron chi connectivity index (χ1n) is 7.33. The molecule has 0 aliphatic heterocycles. The van der Waals surface area contributed by atoms with Gasteiger partial charge in [-0.25, -0.2) is 10.4 Å². The van der Waals surface area contributed by atoms with Crippen molar-refractivity contribution in [2.75, 3.05) is 27.1 Å². The molecule has 132 valence electrons. The number of hydrogen-bond acceptors (Lipinski definition) is 7. The van der Waals surface area contributed by atoms with Crippen molar-refractivity contribution >= 4 is 23.9 Å². The molecule has 0 radical (unpaired) electrons. The number of carbonyl (C=O) groups excluding carboxylic acids is 1. The summed E-state index contributed by atoms with van der Waals surface area (Å²) in [5, 5.41) is 4.73. The Balaban J connectivity index is 1.96. The Morgan fingerprint density at radius 2 is 1.92 bits per heavy atom. The summed E-state index contributed by atoms with van der Waals surface area (Å²) in [6.45, 7) is 0. The number of carbonyl (C=O) groups is 1. The maximum atomic E-state index is 11.8. The third-order valence-electron chi connectivity index (χ3n) is 3.08. The van der Waals surface area contributed by atoms with Gasteiger partial charge in [-0.15, -0.1) is 0 Å². The van der Waals surface area contributed by atoms with Gasteiger partial charge < -0.3 is 14.2 Å². The predicted octanol–water partition coefficient (Wildman–Crippen LogP) is 2.35. The molecule has 0 aliphatic rings. The fourth-order valence-electron chi connectivity index (χ4n) is 1.96. The summed E-state index contributed by atoms with van der Waals surface area (Å²) < 4.78 is 15.8. The van der Waals surface area contributed by atoms with E-state index in [9.17, 15) is 4.79 Å². The molecule has 8 heteroatoms. The molecule has 0 saturated heterocycles. The molecule has 0 aliphatic carbocycles. The first-order valence-corrected chi connectivity index (χ1v) is 8.32. The molecule has 7 nitrogen and oxygen atoms in total. The molecule has 2 rings (SSSR count). The predicted molar refractivity (Wildman–Crippen MR) is 96.8 cm³/mol. The van der Waals surface area contributed by atoms with Crippen LogP contribution in [0.15, 0.2) is 46.7 Å². The van der Waals surface area contributed by atoms with Crippen LogP contribution < -0.4 is 19.6 Å². The van der Waals surface area contributed by atoms with E-state index in [2.05, 4.69) is 15.5 Å². The van der Waals surface area contributed by atoms with Crippen LogP contribution in [0.3, 0.4) is 0 Å². The normalized spacial score (nSPS) is 10.5. The number of ether oxygens (including phenoxy) is 3. The van der Waals surface area contributed by atoms with Crippen molar-refractivity contribution in [1.29, 1.82) is 0 Å². The zero-order chi connectivity index (χ0) is 18.1. The third kappa shape index (κ3) is 5.39. The molecule has 1 N–H and O–H groups in total. The fraction of sp³-hybridized carbons (Fsp3) is 0.235. The van der Waals surface area contributed by atoms with Crippen LogP contribution >= 0.6 is 11.8 Å². The lowest BCUT2D eigenvalue weighted by Gasteiger charge is -2.12. The van der Waals surface area contributed by atoms with Crippen LogP contribution in [0.4, 0.5) is 0 Å². The third-order valence-corrected chi connectivity index (χ3v) is 4.02. The van der Waals surface area contributed by atoms with E-state index in [4.69, 9.17) is 14.2 Å². The summed E-state index contributed by atoms with van der Waals surface area (Å²) in [7, 11) is 4.61. The molecular formula is C17H19N3O4S. The van der Waals surface area contributed by atoms with E-state index >= 15 is 0 Å². The van der Waals surface area contributed by atoms with Gasteiger partial charge in [0.1, 0.15) is 0 Å². The molecule has 0 bridgehead atoms. The minimum absolute atomic E-state index is 0.223. The van der Waals surface area contributed by atoms with Crippen molar-refractivity contribution in [1.82, 2.24) is 10.4 Å². The number of aromatic nitrogens is 1. The molecule has 1 aromatic carbocycles. The van der Waals surface area contributed by atoms with E-state index in [-0.39, 0.29) is 11.7 Å². The van der Waals surface area contributed by atoms with Gasteiger partial charge in [-0.05, 0) is 24.3 Å². The molecule has 2 aromatic rings. The van der Waals surface area contributed by atoms with E-state index in [1.807, 2.05) is 18.2 Å². The topological polar surface area (TPSA) is 82.0 Å². The maximum absolute atomic E-state index is 11.8. The summed E-state index contributed by atoms with van der Waals surface area (Å²) in [4.78, 5) is 15.9. The van der Waals surface area contributed by atoms with Gasteiger partial charge in [-0.2, -0.15) is 5.10 Å². The zero-order valence-electron chi connectivity index (χ0n) is 14.2. The van der Waals surface area contributed by atoms with E-state index in [1.165, 1.54) is 39.3 Å². The van der Waals surface area contributed by atoms with Crippen molar-refractivity contribution < 1.29 is 19.0 Å². The highest BCUT2D eigenvalue weighted by atomic mass is 32.2. The van der Waals surface area contributed by atoms with Crippen LogP contribution in [-0.2, 0) is 4.79 Å². The largest absolute Gasteiger partial charge is 0.493 e. The average molecular weight is 361 g/mol. The molecular weight excluding hydrogens is 342 g/mol. The van der Waals surface area contributed by atoms with Gasteiger partial charge in [0.15, 0.2) is 11.5 Å². The molecule has 0 unspecified atom stereocenters. The minimum atomic E-state index is -0.223. The Morgan fingerprint density at radius 1 is 1.20 bits per heavy atom. The molecule has 1 heterocycles. The number of thioether (sulfide) groups is 1. The van der Waals surface area contributed by atoms with Gasteiger partial charge in [-0.3, -0.25) is 4.79 Å². The summed E-state index contributed by atoms with van der Waals surface area (Å²) >= 11 is 1.34. The Hall–Kier alpha value is -2.74. The van der Waals surface area contributed by atoms with Gasteiger partial charge >= 0.3 is 0 Å². The van der Waals surface area contributed by atoms with Crippen molar-refractivity contribution in [3.05, 3.63) is 42.1 Å². The highest BCUT2D eigenvalue weighted by molar-refractivity contribution is 7.99. The fourth-order valence-corrected chi connectivity index (χ4v) is 2.61. The second-order valence-electron chi connectivity index (χ2n) is 4.71. The van der Waals surface area contributed by atoms with E-state index < -0.39 is 0 Å². The van der Waals surface area contributed by atoms with Crippen LogP contribution in [-0.4, -0.2) is 44.2 Å². The van der Waals surface area contributed by atoms with Crippen LogP contribution in [0.25, 0.3) is 0 Å². The first kappa shape index (κ1) is 18.6. The molecule has 0 atom stereocenters. The lowest BCUT2D eigenvalue weighted by molar-refractivity contribution is -0.118. The zero-order valence-corrected chi connectivity index (χ0v) is 15.0. The highest BCUT2D eigenvalue weighted by Gasteiger charge is 2.12. The molecule has 0 fully saturated rings. The second kappa shape index (κ2) is 9.53. The Bertz CT molecular complexity index is 713. The van der Waals surface area contributed by atoms with E-state index in [0.29, 0.717) is 22.8 Å². The number of rotatable bonds is 8. The average Bonchev–Trinajstić information content (AvgIpc) is 2.66. The molecule has 1 amide bonds. The van der Waals surface area contributed by atoms with E-state index in [1.54, 1.807) is 18.3 Å². The number of hydrogen-bond donors (Lipinski definition) is 1. The summed E-state index contributed by atoms with van der Waals surface area (Å²) in [6.07, 6.45) is 3.19. The standard InChI is InChI=1S/C17H19N3O4S/c1-22-13-8-12(9-14(23-2)17(13)24-3)10-19-20-15(21)11-25-16-6-4-5-7-18-16/h4-10H,11H2,1-3H3,(H,20,21). The first-order chi connectivity index (χ1) is 12.2. The number of nitrogens with zero attached hydrogens (tertiary/aromatic N) is 2. The van der Waals surface area contributed by atoms with E-state index in [0.717, 1.165) is 5.03 Å². The minimum Gasteiger partial charge on any atom is -0.493 e. The van der Waals surface area contributed by atoms with Gasteiger partial charge in [-0.1, -0.05) is 17.8 Å². The summed E-state index contributed by atoms with van der Waals surface area (Å²) in [6, 6.07) is 9.01. The van der Waals surface area contributed by atoms with Gasteiger partial charge in [0.05, 0.1) is 38.3 Å². The lowest BCUT2D eigenvalue weighted by atomic mass is 10.2. The van der Waals surface area contributed by atoms with Crippen LogP contribution in [0, 0.1) is 0 Å². The summed E-state index contributed by atoms with van der Waals surface area (Å²) in [5.41, 5.74) is 3.18. The quantitative estimate of drug-likeness (QED) is 0.442. The van der Waals surface area contributed by atoms with Crippen molar-refractivity contribution in [2.24, 2.45) is 5.10 Å². The highest BCUT2D eigenvalue weighted by Crippen LogP contribution is 2.37. The molecule has 1 aromatic heterocycles. The van der Waals surface area contributed by atoms with Crippen molar-refractivity contribution in [2.45, 2.75) is 5.03 Å². The Labute approximate surface area is 150 Å². The van der Waals surface area contributed by atoms with Gasteiger partial charge in [0.2, 0.25) is 11.7 Å². The number of methoxy groups -OCH3 is 3. The number of nitrogens with one attached hydrogen (secondary N) is 1. The number of hydrazone groups is 1. The number of amides is 1. The number of pyridine rings is 1. The van der Waals surface area contributed by atoms with Crippen molar-refractivity contribution in [3.8, 4) is 17.2 Å². The smallest absolute Gasteiger partial charge is 0.250 e. The van der Waals surface area contributed by atoms with Gasteiger partial charge in [0.25, 0.3) is 0 Å². The van der Waals surface area contributed by atoms with Crippen LogP contribution in [0.1, 0.15) is 5.56 Å². The molecule has 0 saturated carbocycles. The summed E-state index contributed by atoms with van der Waals surface area (Å²) in [5.74, 6) is 1.53. The second-order valence-corrected chi connectivity index (χ2v) is 5.70. The Kier molecular flexibility index (Phi) is 7.09. The maximum Gasteiger partial charge on any atom is 0.250 e. The SMILES string of the molecule is COc1cc(C=NNC(=O)CSc2ccccn2)cc(OC)c1OC. The molecule has 0 spiro atoms. The van der Waals surface area contributed by atoms with Crippen molar-refractivity contribution in [3.63, 3.8) is 0 Å². The monoisotopic (exact) mass is 361 g/mol. The van der Waals surface area contributed by atoms with Crippen LogP contribution in [0.2, 0.25) is 0 Å². The molecule has 25 heavy (non-hydrogen) atoms. The van der Waals surface area contributed by atoms with Gasteiger partial charge in [0, 0.05) is 11.8 Å². The Morgan fingerprint density at radius 3 is 2.48 bits per heavy atom. The lowest BCUT2D eigenvalue weighted by Crippen LogP contribution is -2.19. The number of benzene rings is 1.